The second kappa shape index (κ2) is 5.61. The Balaban J connectivity index is 1.96. The molecule has 1 aliphatic rings. The molecule has 1 aromatic carbocycles. The molecular weight excluding hydrogens is 248 g/mol. The molecule has 1 aliphatic carbocycles. The molecule has 0 aliphatic heterocycles. The van der Waals surface area contributed by atoms with E-state index in [0.717, 1.165) is 37.9 Å². The number of aryl methyl sites for hydroxylation is 1. The van der Waals surface area contributed by atoms with Gasteiger partial charge in [0.15, 0.2) is 5.78 Å². The minimum absolute atomic E-state index is 0.275. The molecule has 0 saturated carbocycles. The van der Waals surface area contributed by atoms with E-state index in [4.69, 9.17) is 5.10 Å². The molecule has 0 unspecified atom stereocenters. The maximum atomic E-state index is 11.7. The average Bonchev–Trinajstić information content (AvgIpc) is 2.68. The lowest BCUT2D eigenvalue weighted by Gasteiger charge is -2.02. The highest BCUT2D eigenvalue weighted by atomic mass is 16.1. The Kier molecular flexibility index (Phi) is 3.68. The van der Waals surface area contributed by atoms with Gasteiger partial charge < -0.3 is 0 Å². The molecule has 0 N–H and O–H groups in total. The standard InChI is InChI=1S/C17H20N2O/c1-2-19-17-10-6-5-9-15(17)16(18-19)12-13-7-3-4-8-14(20)11-13/h5-6,9-11H,2-4,7-8,12H2,1H3. The van der Waals surface area contributed by atoms with Gasteiger partial charge in [0.1, 0.15) is 0 Å². The molecule has 3 heteroatoms. The van der Waals surface area contributed by atoms with Gasteiger partial charge in [-0.1, -0.05) is 23.8 Å². The van der Waals surface area contributed by atoms with Crippen LogP contribution in [0.2, 0.25) is 0 Å². The van der Waals surface area contributed by atoms with E-state index in [1.807, 2.05) is 16.8 Å². The van der Waals surface area contributed by atoms with E-state index in [-0.39, 0.29) is 5.78 Å². The fourth-order valence-electron chi connectivity index (χ4n) is 2.95. The Hall–Kier alpha value is -1.90. The molecule has 0 saturated heterocycles. The van der Waals surface area contributed by atoms with Crippen LogP contribution in [0.4, 0.5) is 0 Å². The Bertz CT molecular complexity index is 667. The summed E-state index contributed by atoms with van der Waals surface area (Å²) < 4.78 is 2.05. The molecule has 0 amide bonds. The van der Waals surface area contributed by atoms with Crippen molar-refractivity contribution in [2.45, 2.75) is 45.6 Å². The van der Waals surface area contributed by atoms with Crippen LogP contribution in [0.5, 0.6) is 0 Å². The van der Waals surface area contributed by atoms with E-state index in [2.05, 4.69) is 25.1 Å². The lowest BCUT2D eigenvalue weighted by Crippen LogP contribution is -1.99. The van der Waals surface area contributed by atoms with Gasteiger partial charge in [0.25, 0.3) is 0 Å². The number of nitrogens with zero attached hydrogens (tertiary/aromatic N) is 2. The average molecular weight is 268 g/mol. The minimum atomic E-state index is 0.275. The van der Waals surface area contributed by atoms with Gasteiger partial charge in [0, 0.05) is 24.8 Å². The van der Waals surface area contributed by atoms with Crippen molar-refractivity contribution in [2.75, 3.05) is 0 Å². The third kappa shape index (κ3) is 2.53. The molecule has 0 atom stereocenters. The normalized spacial score (nSPS) is 16.2. The number of para-hydroxylation sites is 1. The molecule has 3 nitrogen and oxygen atoms in total. The van der Waals surface area contributed by atoms with Gasteiger partial charge in [-0.2, -0.15) is 5.10 Å². The van der Waals surface area contributed by atoms with Crippen molar-refractivity contribution in [3.05, 3.63) is 41.6 Å². The fourth-order valence-corrected chi connectivity index (χ4v) is 2.95. The molecule has 2 aromatic rings. The van der Waals surface area contributed by atoms with E-state index >= 15 is 0 Å². The number of hydrogen-bond acceptors (Lipinski definition) is 2. The molecule has 1 heterocycles. The van der Waals surface area contributed by atoms with Crippen LogP contribution in [-0.2, 0) is 17.8 Å². The van der Waals surface area contributed by atoms with Crippen LogP contribution in [0, 0.1) is 0 Å². The van der Waals surface area contributed by atoms with Gasteiger partial charge in [-0.25, -0.2) is 0 Å². The first-order valence-corrected chi connectivity index (χ1v) is 7.44. The van der Waals surface area contributed by atoms with Crippen LogP contribution in [0.3, 0.4) is 0 Å². The molecule has 1 aromatic heterocycles. The van der Waals surface area contributed by atoms with Gasteiger partial charge in [0.2, 0.25) is 0 Å². The minimum Gasteiger partial charge on any atom is -0.295 e. The summed E-state index contributed by atoms with van der Waals surface area (Å²) in [6, 6.07) is 8.35. The molecule has 20 heavy (non-hydrogen) atoms. The highest BCUT2D eigenvalue weighted by Gasteiger charge is 2.13. The summed E-state index contributed by atoms with van der Waals surface area (Å²) in [6.07, 6.45) is 6.52. The molecule has 0 radical (unpaired) electrons. The summed E-state index contributed by atoms with van der Waals surface area (Å²) in [5.41, 5.74) is 3.52. The fraction of sp³-hybridized carbons (Fsp3) is 0.412. The van der Waals surface area contributed by atoms with Crippen molar-refractivity contribution in [2.24, 2.45) is 0 Å². The van der Waals surface area contributed by atoms with Crippen LogP contribution in [0.25, 0.3) is 10.9 Å². The number of fused-ring (bicyclic) bond motifs is 1. The molecule has 104 valence electrons. The zero-order chi connectivity index (χ0) is 13.9. The van der Waals surface area contributed by atoms with E-state index < -0.39 is 0 Å². The van der Waals surface area contributed by atoms with E-state index in [1.165, 1.54) is 16.5 Å². The van der Waals surface area contributed by atoms with E-state index in [0.29, 0.717) is 6.42 Å². The van der Waals surface area contributed by atoms with Crippen LogP contribution >= 0.6 is 0 Å². The summed E-state index contributed by atoms with van der Waals surface area (Å²) >= 11 is 0. The summed E-state index contributed by atoms with van der Waals surface area (Å²) in [5, 5.41) is 5.94. The first kappa shape index (κ1) is 13.1. The van der Waals surface area contributed by atoms with Gasteiger partial charge in [-0.15, -0.1) is 0 Å². The number of hydrogen-bond donors (Lipinski definition) is 0. The highest BCUT2D eigenvalue weighted by molar-refractivity contribution is 5.90. The summed E-state index contributed by atoms with van der Waals surface area (Å²) in [6.45, 7) is 2.98. The van der Waals surface area contributed by atoms with Crippen molar-refractivity contribution >= 4 is 16.7 Å². The van der Waals surface area contributed by atoms with Crippen LogP contribution in [0.1, 0.15) is 38.3 Å². The van der Waals surface area contributed by atoms with Gasteiger partial charge in [0.05, 0.1) is 11.2 Å². The highest BCUT2D eigenvalue weighted by Crippen LogP contribution is 2.24. The van der Waals surface area contributed by atoms with E-state index in [9.17, 15) is 4.79 Å². The van der Waals surface area contributed by atoms with Crippen LogP contribution in [0.15, 0.2) is 35.9 Å². The second-order valence-electron chi connectivity index (χ2n) is 5.43. The second-order valence-corrected chi connectivity index (χ2v) is 5.43. The number of benzene rings is 1. The monoisotopic (exact) mass is 268 g/mol. The number of ketones is 1. The third-order valence-electron chi connectivity index (χ3n) is 3.96. The zero-order valence-electron chi connectivity index (χ0n) is 11.9. The Labute approximate surface area is 119 Å². The first-order chi connectivity index (χ1) is 9.78. The van der Waals surface area contributed by atoms with Crippen LogP contribution in [-0.4, -0.2) is 15.6 Å². The smallest absolute Gasteiger partial charge is 0.155 e. The maximum Gasteiger partial charge on any atom is 0.155 e. The molecular formula is C17H20N2O. The van der Waals surface area contributed by atoms with Crippen molar-refractivity contribution in [3.63, 3.8) is 0 Å². The summed E-state index contributed by atoms with van der Waals surface area (Å²) in [4.78, 5) is 11.7. The summed E-state index contributed by atoms with van der Waals surface area (Å²) in [5.74, 6) is 0.275. The van der Waals surface area contributed by atoms with Crippen molar-refractivity contribution in [1.29, 1.82) is 0 Å². The largest absolute Gasteiger partial charge is 0.295 e. The van der Waals surface area contributed by atoms with Crippen LogP contribution < -0.4 is 0 Å². The number of carbonyl (C=O) groups is 1. The Morgan fingerprint density at radius 2 is 2.00 bits per heavy atom. The lowest BCUT2D eigenvalue weighted by molar-refractivity contribution is -0.114. The molecule has 0 bridgehead atoms. The quantitative estimate of drug-likeness (QED) is 0.851. The predicted octanol–water partition coefficient (Wildman–Crippen LogP) is 3.67. The van der Waals surface area contributed by atoms with Gasteiger partial charge >= 0.3 is 0 Å². The molecule has 0 fully saturated rings. The Morgan fingerprint density at radius 1 is 1.20 bits per heavy atom. The number of carbonyl (C=O) groups excluding carboxylic acids is 1. The first-order valence-electron chi connectivity index (χ1n) is 7.44. The third-order valence-corrected chi connectivity index (χ3v) is 3.96. The maximum absolute atomic E-state index is 11.7. The number of allylic oxidation sites excluding steroid dienone is 2. The van der Waals surface area contributed by atoms with Crippen molar-refractivity contribution in [3.8, 4) is 0 Å². The topological polar surface area (TPSA) is 34.9 Å². The number of rotatable bonds is 3. The van der Waals surface area contributed by atoms with Crippen molar-refractivity contribution in [1.82, 2.24) is 9.78 Å². The molecule has 3 rings (SSSR count). The number of aromatic nitrogens is 2. The van der Waals surface area contributed by atoms with E-state index in [1.54, 1.807) is 0 Å². The Morgan fingerprint density at radius 3 is 2.85 bits per heavy atom. The van der Waals surface area contributed by atoms with Gasteiger partial charge in [-0.05, 0) is 38.3 Å². The van der Waals surface area contributed by atoms with Crippen molar-refractivity contribution < 1.29 is 4.79 Å². The summed E-state index contributed by atoms with van der Waals surface area (Å²) in [7, 11) is 0. The zero-order valence-corrected chi connectivity index (χ0v) is 11.9. The van der Waals surface area contributed by atoms with Gasteiger partial charge in [-0.3, -0.25) is 9.48 Å². The molecule has 0 spiro atoms. The predicted molar refractivity (Wildman–Crippen MR) is 80.7 cm³/mol. The lowest BCUT2D eigenvalue weighted by atomic mass is 10.0. The SMILES string of the molecule is CCn1nc(CC2=CC(=O)CCCC2)c2ccccc21.